The first kappa shape index (κ1) is 16.7. The van der Waals surface area contributed by atoms with Crippen molar-refractivity contribution in [2.45, 2.75) is 38.1 Å². The lowest BCUT2D eigenvalue weighted by Crippen LogP contribution is -2.40. The standard InChI is InChI=1S/C8H17O8P/c1-8(2,12)3-5(9)7(11)6(10)4-16-17(13,14)15/h5,7,9,11-12H,3-4H2,1-2H3,(H2,13,14,15). The van der Waals surface area contributed by atoms with Crippen LogP contribution in [0.15, 0.2) is 0 Å². The summed E-state index contributed by atoms with van der Waals surface area (Å²) >= 11 is 0. The Morgan fingerprint density at radius 1 is 1.35 bits per heavy atom. The van der Waals surface area contributed by atoms with E-state index in [1.54, 1.807) is 0 Å². The van der Waals surface area contributed by atoms with Crippen LogP contribution in [-0.2, 0) is 13.9 Å². The number of ketones is 1. The second kappa shape index (κ2) is 6.01. The summed E-state index contributed by atoms with van der Waals surface area (Å²) in [6, 6.07) is 0. The second-order valence-electron chi connectivity index (χ2n) is 4.26. The van der Waals surface area contributed by atoms with E-state index in [0.29, 0.717) is 0 Å². The van der Waals surface area contributed by atoms with Crippen LogP contribution in [0.3, 0.4) is 0 Å². The van der Waals surface area contributed by atoms with Crippen molar-refractivity contribution in [3.05, 3.63) is 0 Å². The van der Waals surface area contributed by atoms with Crippen LogP contribution in [0.2, 0.25) is 0 Å². The minimum Gasteiger partial charge on any atom is -0.390 e. The van der Waals surface area contributed by atoms with Crippen LogP contribution in [0.5, 0.6) is 0 Å². The average molecular weight is 272 g/mol. The molecule has 0 aromatic rings. The molecule has 0 aromatic heterocycles. The summed E-state index contributed by atoms with van der Waals surface area (Å²) in [4.78, 5) is 27.8. The number of aliphatic hydroxyl groups is 3. The summed E-state index contributed by atoms with van der Waals surface area (Å²) in [5.41, 5.74) is -1.29. The Morgan fingerprint density at radius 2 is 1.82 bits per heavy atom. The molecule has 0 radical (unpaired) electrons. The predicted molar refractivity (Wildman–Crippen MR) is 55.9 cm³/mol. The van der Waals surface area contributed by atoms with Gasteiger partial charge in [0.2, 0.25) is 0 Å². The molecule has 0 fully saturated rings. The van der Waals surface area contributed by atoms with Crippen molar-refractivity contribution in [2.24, 2.45) is 0 Å². The smallest absolute Gasteiger partial charge is 0.390 e. The Balaban J connectivity index is 4.26. The van der Waals surface area contributed by atoms with Gasteiger partial charge in [0.15, 0.2) is 5.78 Å². The van der Waals surface area contributed by atoms with Gasteiger partial charge in [-0.3, -0.25) is 9.32 Å². The third kappa shape index (κ3) is 8.39. The monoisotopic (exact) mass is 272 g/mol. The van der Waals surface area contributed by atoms with Crippen LogP contribution in [0.4, 0.5) is 0 Å². The highest BCUT2D eigenvalue weighted by molar-refractivity contribution is 7.46. The van der Waals surface area contributed by atoms with Crippen LogP contribution in [0.1, 0.15) is 20.3 Å². The van der Waals surface area contributed by atoms with E-state index in [4.69, 9.17) is 9.79 Å². The molecule has 0 aliphatic heterocycles. The van der Waals surface area contributed by atoms with Crippen LogP contribution >= 0.6 is 7.82 Å². The molecule has 102 valence electrons. The van der Waals surface area contributed by atoms with Gasteiger partial charge in [-0.2, -0.15) is 0 Å². The fourth-order valence-electron chi connectivity index (χ4n) is 1.07. The lowest BCUT2D eigenvalue weighted by molar-refractivity contribution is -0.137. The zero-order chi connectivity index (χ0) is 13.9. The van der Waals surface area contributed by atoms with Gasteiger partial charge in [-0.25, -0.2) is 4.57 Å². The maximum absolute atomic E-state index is 11.2. The highest BCUT2D eigenvalue weighted by Crippen LogP contribution is 2.35. The van der Waals surface area contributed by atoms with Gasteiger partial charge in [0.25, 0.3) is 0 Å². The van der Waals surface area contributed by atoms with E-state index in [9.17, 15) is 24.7 Å². The van der Waals surface area contributed by atoms with E-state index >= 15 is 0 Å². The Morgan fingerprint density at radius 3 is 2.18 bits per heavy atom. The number of hydrogen-bond donors (Lipinski definition) is 5. The highest BCUT2D eigenvalue weighted by Gasteiger charge is 2.30. The third-order valence-corrected chi connectivity index (χ3v) is 2.24. The zero-order valence-corrected chi connectivity index (χ0v) is 10.4. The van der Waals surface area contributed by atoms with Gasteiger partial charge in [-0.15, -0.1) is 0 Å². The molecular formula is C8H17O8P. The molecule has 0 heterocycles. The highest BCUT2D eigenvalue weighted by atomic mass is 31.2. The molecule has 0 bridgehead atoms. The number of aliphatic hydroxyl groups excluding tert-OH is 2. The SMILES string of the molecule is CC(C)(O)CC(O)C(O)C(=O)COP(=O)(O)O. The van der Waals surface area contributed by atoms with E-state index < -0.39 is 38.0 Å². The van der Waals surface area contributed by atoms with Crippen molar-refractivity contribution in [3.8, 4) is 0 Å². The van der Waals surface area contributed by atoms with E-state index in [0.717, 1.165) is 0 Å². The minimum atomic E-state index is -4.79. The number of carbonyl (C=O) groups is 1. The fraction of sp³-hybridized carbons (Fsp3) is 0.875. The first-order chi connectivity index (χ1) is 7.42. The number of phosphoric acid groups is 1. The topological polar surface area (TPSA) is 145 Å². The summed E-state index contributed by atoms with van der Waals surface area (Å²) < 4.78 is 14.2. The third-order valence-electron chi connectivity index (χ3n) is 1.78. The minimum absolute atomic E-state index is 0.268. The van der Waals surface area contributed by atoms with E-state index in [1.165, 1.54) is 13.8 Å². The number of hydrogen-bond acceptors (Lipinski definition) is 6. The van der Waals surface area contributed by atoms with Crippen molar-refractivity contribution in [1.82, 2.24) is 0 Å². The number of rotatable bonds is 7. The molecule has 17 heavy (non-hydrogen) atoms. The predicted octanol–water partition coefficient (Wildman–Crippen LogP) is -1.45. The lowest BCUT2D eigenvalue weighted by Gasteiger charge is -2.24. The molecule has 0 spiro atoms. The number of phosphoric ester groups is 1. The van der Waals surface area contributed by atoms with Gasteiger partial charge in [0.1, 0.15) is 12.7 Å². The molecule has 8 nitrogen and oxygen atoms in total. The molecular weight excluding hydrogens is 255 g/mol. The molecule has 5 N–H and O–H groups in total. The van der Waals surface area contributed by atoms with E-state index in [1.807, 2.05) is 0 Å². The Kier molecular flexibility index (Phi) is 5.89. The Hall–Kier alpha value is -0.340. The van der Waals surface area contributed by atoms with Gasteiger partial charge in [-0.05, 0) is 13.8 Å². The second-order valence-corrected chi connectivity index (χ2v) is 5.50. The number of Topliss-reactive ketones (excluding diaryl/α,β-unsaturated/α-hetero) is 1. The van der Waals surface area contributed by atoms with Crippen molar-refractivity contribution in [2.75, 3.05) is 6.61 Å². The van der Waals surface area contributed by atoms with E-state index in [-0.39, 0.29) is 6.42 Å². The summed E-state index contributed by atoms with van der Waals surface area (Å²) in [6.07, 6.45) is -3.67. The molecule has 0 rings (SSSR count). The quantitative estimate of drug-likeness (QED) is 0.354. The summed E-state index contributed by atoms with van der Waals surface area (Å²) in [5.74, 6) is -1.08. The van der Waals surface area contributed by atoms with Crippen LogP contribution in [0, 0.1) is 0 Å². The molecule has 0 saturated carbocycles. The lowest BCUT2D eigenvalue weighted by atomic mass is 9.96. The molecule has 0 aliphatic rings. The van der Waals surface area contributed by atoms with Crippen molar-refractivity contribution in [3.63, 3.8) is 0 Å². The maximum atomic E-state index is 11.2. The van der Waals surface area contributed by atoms with Gasteiger partial charge < -0.3 is 25.1 Å². The van der Waals surface area contributed by atoms with E-state index in [2.05, 4.69) is 4.52 Å². The first-order valence-electron chi connectivity index (χ1n) is 4.74. The first-order valence-corrected chi connectivity index (χ1v) is 6.27. The normalized spacial score (nSPS) is 16.6. The van der Waals surface area contributed by atoms with Crippen molar-refractivity contribution >= 4 is 13.6 Å². The molecule has 2 atom stereocenters. The van der Waals surface area contributed by atoms with Crippen molar-refractivity contribution < 1.29 is 39.0 Å². The molecule has 0 aliphatic carbocycles. The van der Waals surface area contributed by atoms with Gasteiger partial charge in [0.05, 0.1) is 11.7 Å². The molecule has 0 saturated heterocycles. The van der Waals surface area contributed by atoms with Gasteiger partial charge >= 0.3 is 7.82 Å². The maximum Gasteiger partial charge on any atom is 0.470 e. The fourth-order valence-corrected chi connectivity index (χ4v) is 1.37. The van der Waals surface area contributed by atoms with Gasteiger partial charge in [-0.1, -0.05) is 0 Å². The summed E-state index contributed by atoms with van der Waals surface area (Å²) in [5, 5.41) is 28.0. The summed E-state index contributed by atoms with van der Waals surface area (Å²) in [6.45, 7) is 1.73. The molecule has 2 unspecified atom stereocenters. The van der Waals surface area contributed by atoms with Crippen LogP contribution in [-0.4, -0.2) is 55.3 Å². The molecule has 0 aromatic carbocycles. The Bertz CT molecular complexity index is 303. The molecule has 9 heteroatoms. The number of carbonyl (C=O) groups excluding carboxylic acids is 1. The van der Waals surface area contributed by atoms with Crippen LogP contribution < -0.4 is 0 Å². The molecule has 0 amide bonds. The average Bonchev–Trinajstić information content (AvgIpc) is 2.08. The van der Waals surface area contributed by atoms with Crippen molar-refractivity contribution in [1.29, 1.82) is 0 Å². The van der Waals surface area contributed by atoms with Gasteiger partial charge in [0, 0.05) is 6.42 Å². The van der Waals surface area contributed by atoms with Crippen LogP contribution in [0.25, 0.3) is 0 Å². The zero-order valence-electron chi connectivity index (χ0n) is 9.48. The summed E-state index contributed by atoms with van der Waals surface area (Å²) in [7, 11) is -4.79. The largest absolute Gasteiger partial charge is 0.470 e. The Labute approximate surface area is 98.1 Å².